The lowest BCUT2D eigenvalue weighted by molar-refractivity contribution is 0.0607. The van der Waals surface area contributed by atoms with Gasteiger partial charge in [-0.2, -0.15) is 0 Å². The summed E-state index contributed by atoms with van der Waals surface area (Å²) in [6, 6.07) is 0. The van der Waals surface area contributed by atoms with Gasteiger partial charge in [0.2, 0.25) is 0 Å². The van der Waals surface area contributed by atoms with Crippen molar-refractivity contribution < 1.29 is 14.3 Å². The van der Waals surface area contributed by atoms with Crippen LogP contribution in [0.3, 0.4) is 0 Å². The largest absolute Gasteiger partial charge is 0.465 e. The Balaban J connectivity index is 2.78. The summed E-state index contributed by atoms with van der Waals surface area (Å²) < 4.78 is 4.75. The number of aldehydes is 1. The Morgan fingerprint density at radius 3 is 2.70 bits per heavy atom. The van der Waals surface area contributed by atoms with Crippen LogP contribution < -0.4 is 0 Å². The van der Waals surface area contributed by atoms with Crippen LogP contribution in [0.25, 0.3) is 11.3 Å². The van der Waals surface area contributed by atoms with Crippen molar-refractivity contribution >= 4 is 35.2 Å². The fourth-order valence-corrected chi connectivity index (χ4v) is 3.05. The molecule has 0 spiro atoms. The lowest BCUT2D eigenvalue weighted by Crippen LogP contribution is -2.05. The number of methoxy groups -OCH3 is 1. The molecule has 0 N–H and O–H groups in total. The van der Waals surface area contributed by atoms with E-state index < -0.39 is 5.97 Å². The number of rotatable bonds is 3. The molecule has 0 amide bonds. The highest BCUT2D eigenvalue weighted by Gasteiger charge is 2.23. The molecular weight excluding hydrogens is 300 g/mol. The predicted molar refractivity (Wildman–Crippen MR) is 76.6 cm³/mol. The Bertz CT molecular complexity index is 697. The summed E-state index contributed by atoms with van der Waals surface area (Å²) in [5.41, 5.74) is 1.92. The molecule has 20 heavy (non-hydrogen) atoms. The molecule has 0 aliphatic rings. The molecule has 2 heterocycles. The number of aromatic nitrogens is 2. The van der Waals surface area contributed by atoms with Crippen molar-refractivity contribution in [3.05, 3.63) is 32.4 Å². The minimum atomic E-state index is -0.470. The first-order chi connectivity index (χ1) is 9.49. The van der Waals surface area contributed by atoms with Gasteiger partial charge in [0, 0.05) is 5.56 Å². The molecule has 0 saturated carbocycles. The Labute approximate surface area is 124 Å². The maximum atomic E-state index is 11.8. The lowest BCUT2D eigenvalue weighted by Gasteiger charge is -2.08. The molecule has 7 heteroatoms. The summed E-state index contributed by atoms with van der Waals surface area (Å²) in [6.45, 7) is 3.50. The van der Waals surface area contributed by atoms with Gasteiger partial charge < -0.3 is 4.74 Å². The number of hydrogen-bond acceptors (Lipinski definition) is 6. The van der Waals surface area contributed by atoms with Crippen LogP contribution in [-0.4, -0.2) is 29.3 Å². The fraction of sp³-hybridized carbons (Fsp3) is 0.231. The van der Waals surface area contributed by atoms with E-state index in [0.717, 1.165) is 5.56 Å². The highest BCUT2D eigenvalue weighted by atomic mass is 35.5. The Kier molecular flexibility index (Phi) is 4.15. The van der Waals surface area contributed by atoms with Crippen LogP contribution in [0.1, 0.15) is 31.4 Å². The normalized spacial score (nSPS) is 10.4. The van der Waals surface area contributed by atoms with E-state index in [1.165, 1.54) is 18.4 Å². The fourth-order valence-electron chi connectivity index (χ4n) is 1.82. The van der Waals surface area contributed by atoms with Gasteiger partial charge in [0.25, 0.3) is 0 Å². The zero-order valence-electron chi connectivity index (χ0n) is 11.1. The molecule has 0 aromatic carbocycles. The molecule has 0 aliphatic carbocycles. The minimum Gasteiger partial charge on any atom is -0.465 e. The van der Waals surface area contributed by atoms with Gasteiger partial charge in [-0.05, 0) is 24.8 Å². The van der Waals surface area contributed by atoms with E-state index >= 15 is 0 Å². The van der Waals surface area contributed by atoms with Crippen LogP contribution in [-0.2, 0) is 4.74 Å². The maximum absolute atomic E-state index is 11.8. The molecular formula is C13H11ClN2O3S. The Hall–Kier alpha value is -1.79. The minimum absolute atomic E-state index is 0.0731. The molecule has 5 nitrogen and oxygen atoms in total. The van der Waals surface area contributed by atoms with Crippen molar-refractivity contribution in [3.63, 3.8) is 0 Å². The zero-order chi connectivity index (χ0) is 14.9. The Morgan fingerprint density at radius 1 is 1.40 bits per heavy atom. The van der Waals surface area contributed by atoms with Crippen molar-refractivity contribution in [1.29, 1.82) is 0 Å². The van der Waals surface area contributed by atoms with E-state index in [1.54, 1.807) is 6.92 Å². The third-order valence-electron chi connectivity index (χ3n) is 2.71. The molecule has 2 aromatic heterocycles. The second-order valence-corrected chi connectivity index (χ2v) is 5.29. The van der Waals surface area contributed by atoms with E-state index in [-0.39, 0.29) is 10.7 Å². The number of halogens is 1. The van der Waals surface area contributed by atoms with Crippen molar-refractivity contribution in [2.24, 2.45) is 0 Å². The van der Waals surface area contributed by atoms with Gasteiger partial charge in [-0.25, -0.2) is 14.8 Å². The van der Waals surface area contributed by atoms with Crippen molar-refractivity contribution in [1.82, 2.24) is 9.97 Å². The summed E-state index contributed by atoms with van der Waals surface area (Å²) in [4.78, 5) is 31.7. The first kappa shape index (κ1) is 14.6. The summed E-state index contributed by atoms with van der Waals surface area (Å²) in [7, 11) is 1.31. The van der Waals surface area contributed by atoms with Crippen molar-refractivity contribution in [3.8, 4) is 11.3 Å². The van der Waals surface area contributed by atoms with Crippen molar-refractivity contribution in [2.45, 2.75) is 13.8 Å². The maximum Gasteiger partial charge on any atom is 0.348 e. The molecule has 2 rings (SSSR count). The third kappa shape index (κ3) is 2.44. The smallest absolute Gasteiger partial charge is 0.348 e. The van der Waals surface area contributed by atoms with E-state index in [2.05, 4.69) is 9.97 Å². The molecule has 0 saturated heterocycles. The van der Waals surface area contributed by atoms with Gasteiger partial charge in [0.1, 0.15) is 15.9 Å². The van der Waals surface area contributed by atoms with Crippen LogP contribution in [0.5, 0.6) is 0 Å². The average molecular weight is 311 g/mol. The highest BCUT2D eigenvalue weighted by Crippen LogP contribution is 2.35. The van der Waals surface area contributed by atoms with Crippen LogP contribution in [0, 0.1) is 13.8 Å². The van der Waals surface area contributed by atoms with E-state index in [0.29, 0.717) is 28.2 Å². The van der Waals surface area contributed by atoms with E-state index in [4.69, 9.17) is 16.3 Å². The second kappa shape index (κ2) is 5.68. The van der Waals surface area contributed by atoms with Gasteiger partial charge >= 0.3 is 5.97 Å². The van der Waals surface area contributed by atoms with Gasteiger partial charge in [0.05, 0.1) is 18.4 Å². The van der Waals surface area contributed by atoms with Gasteiger partial charge in [0.15, 0.2) is 6.29 Å². The van der Waals surface area contributed by atoms with Crippen molar-refractivity contribution in [2.75, 3.05) is 7.11 Å². The summed E-state index contributed by atoms with van der Waals surface area (Å²) in [6.07, 6.45) is 0.593. The number of aryl methyl sites for hydroxylation is 2. The number of thiophene rings is 1. The first-order valence-corrected chi connectivity index (χ1v) is 6.91. The van der Waals surface area contributed by atoms with Gasteiger partial charge in [-0.3, -0.25) is 4.79 Å². The van der Waals surface area contributed by atoms with Crippen LogP contribution in [0.2, 0.25) is 5.15 Å². The SMILES string of the molecule is COC(=O)c1scc(C)c1-c1nc(C)nc(Cl)c1C=O. The topological polar surface area (TPSA) is 69.2 Å². The molecule has 0 unspecified atom stereocenters. The number of carbonyl (C=O) groups is 2. The molecule has 0 radical (unpaired) electrons. The standard InChI is InChI=1S/C13H11ClN2O3S/c1-6-5-20-11(13(18)19-3)9(6)10-8(4-17)12(14)16-7(2)15-10/h4-5H,1-3H3. The Morgan fingerprint density at radius 2 is 2.10 bits per heavy atom. The number of esters is 1. The number of ether oxygens (including phenoxy) is 1. The highest BCUT2D eigenvalue weighted by molar-refractivity contribution is 7.12. The molecule has 104 valence electrons. The molecule has 0 atom stereocenters. The number of nitrogens with zero attached hydrogens (tertiary/aromatic N) is 2. The average Bonchev–Trinajstić information content (AvgIpc) is 2.78. The second-order valence-electron chi connectivity index (χ2n) is 4.06. The van der Waals surface area contributed by atoms with E-state index in [1.807, 2.05) is 12.3 Å². The van der Waals surface area contributed by atoms with E-state index in [9.17, 15) is 9.59 Å². The van der Waals surface area contributed by atoms with Crippen LogP contribution in [0.4, 0.5) is 0 Å². The molecule has 0 aliphatic heterocycles. The number of carbonyl (C=O) groups excluding carboxylic acids is 2. The number of hydrogen-bond donors (Lipinski definition) is 0. The summed E-state index contributed by atoms with van der Waals surface area (Å²) >= 11 is 7.22. The molecule has 0 fully saturated rings. The first-order valence-electron chi connectivity index (χ1n) is 5.65. The predicted octanol–water partition coefficient (Wildman–Crippen LogP) is 3.07. The van der Waals surface area contributed by atoms with Gasteiger partial charge in [-0.1, -0.05) is 11.6 Å². The quantitative estimate of drug-likeness (QED) is 0.495. The van der Waals surface area contributed by atoms with Crippen LogP contribution in [0.15, 0.2) is 5.38 Å². The third-order valence-corrected chi connectivity index (χ3v) is 4.08. The zero-order valence-corrected chi connectivity index (χ0v) is 12.6. The van der Waals surface area contributed by atoms with Crippen LogP contribution >= 0.6 is 22.9 Å². The lowest BCUT2D eigenvalue weighted by atomic mass is 10.0. The monoisotopic (exact) mass is 310 g/mol. The molecule has 0 bridgehead atoms. The van der Waals surface area contributed by atoms with Gasteiger partial charge in [-0.15, -0.1) is 11.3 Å². The summed E-state index contributed by atoms with van der Waals surface area (Å²) in [5.74, 6) is -0.0423. The molecule has 2 aromatic rings. The summed E-state index contributed by atoms with van der Waals surface area (Å²) in [5, 5.41) is 1.88.